The van der Waals surface area contributed by atoms with Crippen LogP contribution >= 0.6 is 0 Å². The average Bonchev–Trinajstić information content (AvgIpc) is 2.84. The van der Waals surface area contributed by atoms with Gasteiger partial charge < -0.3 is 5.73 Å². The molecule has 1 aromatic carbocycles. The summed E-state index contributed by atoms with van der Waals surface area (Å²) in [6.07, 6.45) is 6.82. The Labute approximate surface area is 107 Å². The molecule has 4 heteroatoms. The number of rotatable bonds is 4. The van der Waals surface area contributed by atoms with E-state index >= 15 is 0 Å². The second-order valence-corrected chi connectivity index (χ2v) is 5.05. The van der Waals surface area contributed by atoms with Crippen molar-refractivity contribution < 1.29 is 0 Å². The lowest BCUT2D eigenvalue weighted by Crippen LogP contribution is -2.22. The predicted octanol–water partition coefficient (Wildman–Crippen LogP) is 2.46. The van der Waals surface area contributed by atoms with Crippen LogP contribution in [0.5, 0.6) is 0 Å². The largest absolute Gasteiger partial charge is 0.323 e. The molecule has 1 saturated carbocycles. The summed E-state index contributed by atoms with van der Waals surface area (Å²) in [4.78, 5) is 0. The van der Waals surface area contributed by atoms with Crippen molar-refractivity contribution >= 4 is 0 Å². The van der Waals surface area contributed by atoms with Crippen molar-refractivity contribution in [2.45, 2.75) is 31.7 Å². The minimum atomic E-state index is 0.0329. The molecular formula is C14H18N4. The van der Waals surface area contributed by atoms with E-state index in [2.05, 4.69) is 10.3 Å². The zero-order valence-electron chi connectivity index (χ0n) is 10.4. The lowest BCUT2D eigenvalue weighted by molar-refractivity contribution is 0.275. The van der Waals surface area contributed by atoms with Crippen LogP contribution in [0.15, 0.2) is 36.5 Å². The Morgan fingerprint density at radius 1 is 1.28 bits per heavy atom. The first kappa shape index (κ1) is 11.4. The Hall–Kier alpha value is -1.68. The highest BCUT2D eigenvalue weighted by Crippen LogP contribution is 2.33. The molecule has 1 unspecified atom stereocenters. The predicted molar refractivity (Wildman–Crippen MR) is 70.2 cm³/mol. The van der Waals surface area contributed by atoms with Gasteiger partial charge in [-0.1, -0.05) is 42.7 Å². The standard InChI is InChI=1S/C14H18N4/c15-13(9-11-5-4-6-11)14-10-16-17-18(14)12-7-2-1-3-8-12/h1-3,7-8,10-11,13H,4-6,9,15H2. The molecule has 1 aromatic heterocycles. The van der Waals surface area contributed by atoms with E-state index in [1.54, 1.807) is 6.20 Å². The van der Waals surface area contributed by atoms with Crippen LogP contribution in [-0.2, 0) is 0 Å². The van der Waals surface area contributed by atoms with E-state index in [1.807, 2.05) is 35.0 Å². The zero-order valence-corrected chi connectivity index (χ0v) is 10.4. The molecule has 2 aromatic rings. The van der Waals surface area contributed by atoms with Crippen molar-refractivity contribution in [3.05, 3.63) is 42.2 Å². The summed E-state index contributed by atoms with van der Waals surface area (Å²) < 4.78 is 1.85. The number of hydrogen-bond donors (Lipinski definition) is 1. The summed E-state index contributed by atoms with van der Waals surface area (Å²) in [5.41, 5.74) is 8.32. The van der Waals surface area contributed by atoms with Gasteiger partial charge in [0.25, 0.3) is 0 Å². The SMILES string of the molecule is NC(CC1CCC1)c1cnnn1-c1ccccc1. The topological polar surface area (TPSA) is 56.7 Å². The molecule has 2 N–H and O–H groups in total. The molecule has 0 saturated heterocycles. The molecule has 1 aliphatic carbocycles. The number of hydrogen-bond acceptors (Lipinski definition) is 3. The molecule has 18 heavy (non-hydrogen) atoms. The van der Waals surface area contributed by atoms with Crippen molar-refractivity contribution in [2.75, 3.05) is 0 Å². The van der Waals surface area contributed by atoms with Gasteiger partial charge in [-0.3, -0.25) is 0 Å². The maximum Gasteiger partial charge on any atom is 0.0813 e. The van der Waals surface area contributed by atoms with Crippen molar-refractivity contribution in [1.29, 1.82) is 0 Å². The summed E-state index contributed by atoms with van der Waals surface area (Å²) >= 11 is 0. The minimum absolute atomic E-state index is 0.0329. The number of aromatic nitrogens is 3. The Bertz CT molecular complexity index is 502. The first-order chi connectivity index (χ1) is 8.84. The minimum Gasteiger partial charge on any atom is -0.323 e. The van der Waals surface area contributed by atoms with Crippen molar-refractivity contribution in [1.82, 2.24) is 15.0 Å². The fourth-order valence-corrected chi connectivity index (χ4v) is 2.47. The van der Waals surface area contributed by atoms with E-state index in [-0.39, 0.29) is 6.04 Å². The molecule has 0 bridgehead atoms. The van der Waals surface area contributed by atoms with Gasteiger partial charge in [0.15, 0.2) is 0 Å². The normalized spacial score (nSPS) is 17.4. The van der Waals surface area contributed by atoms with Gasteiger partial charge in [0.05, 0.1) is 17.6 Å². The maximum atomic E-state index is 6.29. The van der Waals surface area contributed by atoms with Crippen LogP contribution in [0.4, 0.5) is 0 Å². The van der Waals surface area contributed by atoms with Gasteiger partial charge in [-0.25, -0.2) is 4.68 Å². The van der Waals surface area contributed by atoms with Crippen molar-refractivity contribution in [3.63, 3.8) is 0 Å². The van der Waals surface area contributed by atoms with Gasteiger partial charge in [0.2, 0.25) is 0 Å². The van der Waals surface area contributed by atoms with Crippen LogP contribution in [0.2, 0.25) is 0 Å². The van der Waals surface area contributed by atoms with E-state index in [0.29, 0.717) is 0 Å². The number of benzene rings is 1. The van der Waals surface area contributed by atoms with Crippen LogP contribution in [0.1, 0.15) is 37.4 Å². The zero-order chi connectivity index (χ0) is 12.4. The van der Waals surface area contributed by atoms with Crippen molar-refractivity contribution in [3.8, 4) is 5.69 Å². The van der Waals surface area contributed by atoms with Crippen molar-refractivity contribution in [2.24, 2.45) is 11.7 Å². The first-order valence-electron chi connectivity index (χ1n) is 6.56. The number of nitrogens with two attached hydrogens (primary N) is 1. The van der Waals surface area contributed by atoms with Gasteiger partial charge in [-0.15, -0.1) is 5.10 Å². The molecule has 0 spiro atoms. The lowest BCUT2D eigenvalue weighted by atomic mass is 9.80. The van der Waals surface area contributed by atoms with E-state index < -0.39 is 0 Å². The molecule has 94 valence electrons. The Kier molecular flexibility index (Phi) is 3.11. The third-order valence-corrected chi connectivity index (χ3v) is 3.77. The average molecular weight is 242 g/mol. The number of nitrogens with zero attached hydrogens (tertiary/aromatic N) is 3. The van der Waals surface area contributed by atoms with E-state index in [0.717, 1.165) is 23.7 Å². The molecule has 0 amide bonds. The first-order valence-corrected chi connectivity index (χ1v) is 6.56. The van der Waals surface area contributed by atoms with Gasteiger partial charge in [-0.05, 0) is 24.5 Å². The van der Waals surface area contributed by atoms with Crippen LogP contribution in [-0.4, -0.2) is 15.0 Å². The maximum absolute atomic E-state index is 6.29. The van der Waals surface area contributed by atoms with E-state index in [1.165, 1.54) is 19.3 Å². The van der Waals surface area contributed by atoms with Gasteiger partial charge in [0, 0.05) is 6.04 Å². The molecule has 1 heterocycles. The molecule has 3 rings (SSSR count). The molecule has 1 atom stereocenters. The highest BCUT2D eigenvalue weighted by Gasteiger charge is 2.23. The summed E-state index contributed by atoms with van der Waals surface area (Å²) in [7, 11) is 0. The highest BCUT2D eigenvalue weighted by molar-refractivity contribution is 5.32. The van der Waals surface area contributed by atoms with Gasteiger partial charge in [0.1, 0.15) is 0 Å². The van der Waals surface area contributed by atoms with Gasteiger partial charge in [-0.2, -0.15) is 0 Å². The van der Waals surface area contributed by atoms with Gasteiger partial charge >= 0.3 is 0 Å². The quantitative estimate of drug-likeness (QED) is 0.896. The van der Waals surface area contributed by atoms with Crippen LogP contribution in [0, 0.1) is 5.92 Å². The third-order valence-electron chi connectivity index (χ3n) is 3.77. The third kappa shape index (κ3) is 2.16. The second kappa shape index (κ2) is 4.90. The molecular weight excluding hydrogens is 224 g/mol. The monoisotopic (exact) mass is 242 g/mol. The van der Waals surface area contributed by atoms with E-state index in [9.17, 15) is 0 Å². The Morgan fingerprint density at radius 2 is 2.06 bits per heavy atom. The summed E-state index contributed by atoms with van der Waals surface area (Å²) in [6, 6.07) is 10.1. The van der Waals surface area contributed by atoms with E-state index in [4.69, 9.17) is 5.73 Å². The summed E-state index contributed by atoms with van der Waals surface area (Å²) in [6.45, 7) is 0. The molecule has 4 nitrogen and oxygen atoms in total. The highest BCUT2D eigenvalue weighted by atomic mass is 15.4. The summed E-state index contributed by atoms with van der Waals surface area (Å²) in [5, 5.41) is 8.15. The molecule has 1 aliphatic rings. The smallest absolute Gasteiger partial charge is 0.0813 e. The van der Waals surface area contributed by atoms with Crippen LogP contribution in [0.3, 0.4) is 0 Å². The Morgan fingerprint density at radius 3 is 2.72 bits per heavy atom. The number of para-hydroxylation sites is 1. The second-order valence-electron chi connectivity index (χ2n) is 5.05. The summed E-state index contributed by atoms with van der Waals surface area (Å²) in [5.74, 6) is 0.791. The molecule has 0 aliphatic heterocycles. The lowest BCUT2D eigenvalue weighted by Gasteiger charge is -2.28. The fourth-order valence-electron chi connectivity index (χ4n) is 2.47. The fraction of sp³-hybridized carbons (Fsp3) is 0.429. The Balaban J connectivity index is 1.82. The van der Waals surface area contributed by atoms with Crippen LogP contribution in [0.25, 0.3) is 5.69 Å². The van der Waals surface area contributed by atoms with Crippen LogP contribution < -0.4 is 5.73 Å². The molecule has 1 fully saturated rings. The molecule has 0 radical (unpaired) electrons.